The van der Waals surface area contributed by atoms with Gasteiger partial charge < -0.3 is 31.3 Å². The number of aromatic nitrogens is 3. The van der Waals surface area contributed by atoms with E-state index in [0.717, 1.165) is 83.9 Å². The molecule has 3 fully saturated rings. The van der Waals surface area contributed by atoms with Crippen LogP contribution in [0.25, 0.3) is 10.9 Å². The van der Waals surface area contributed by atoms with E-state index in [0.29, 0.717) is 29.7 Å². The number of fused-ring (bicyclic) bond motifs is 2. The summed E-state index contributed by atoms with van der Waals surface area (Å²) in [6.45, 7) is 23.0. The highest BCUT2D eigenvalue weighted by molar-refractivity contribution is 6.31. The van der Waals surface area contributed by atoms with Gasteiger partial charge in [-0.15, -0.1) is 0 Å². The Bertz CT molecular complexity index is 1910. The van der Waals surface area contributed by atoms with Crippen LogP contribution in [0.4, 0.5) is 5.69 Å². The number of carbonyl (C=O) groups excluding carboxylic acids is 1. The van der Waals surface area contributed by atoms with E-state index in [9.17, 15) is 20.1 Å². The first-order chi connectivity index (χ1) is 29.0. The van der Waals surface area contributed by atoms with E-state index in [2.05, 4.69) is 78.5 Å². The summed E-state index contributed by atoms with van der Waals surface area (Å²) in [5.74, 6) is 1.51. The monoisotopic (exact) mass is 859 g/mol. The van der Waals surface area contributed by atoms with Gasteiger partial charge in [0.1, 0.15) is 11.8 Å². The number of anilines is 1. The van der Waals surface area contributed by atoms with E-state index in [-0.39, 0.29) is 5.69 Å². The highest BCUT2D eigenvalue weighted by Gasteiger charge is 2.50. The van der Waals surface area contributed by atoms with Crippen LogP contribution in [0.3, 0.4) is 0 Å². The molecule has 336 valence electrons. The molecule has 0 spiro atoms. The van der Waals surface area contributed by atoms with Crippen LogP contribution in [-0.4, -0.2) is 84.6 Å². The zero-order valence-electron chi connectivity index (χ0n) is 38.0. The summed E-state index contributed by atoms with van der Waals surface area (Å²) < 4.78 is 0. The summed E-state index contributed by atoms with van der Waals surface area (Å²) in [7, 11) is 0. The van der Waals surface area contributed by atoms with Gasteiger partial charge in [-0.2, -0.15) is 0 Å². The summed E-state index contributed by atoms with van der Waals surface area (Å²) in [5.41, 5.74) is 10.3. The molecule has 11 heteroatoms. The number of carbonyl (C=O) groups is 1. The molecule has 6 unspecified atom stereocenters. The van der Waals surface area contributed by atoms with Crippen molar-refractivity contribution in [2.24, 2.45) is 28.9 Å². The largest absolute Gasteiger partial charge is 0.390 e. The lowest BCUT2D eigenvalue weighted by atomic mass is 9.60. The Hall–Kier alpha value is -3.67. The zero-order chi connectivity index (χ0) is 44.7. The summed E-state index contributed by atoms with van der Waals surface area (Å²) in [4.78, 5) is 24.5. The first kappa shape index (κ1) is 50.0. The fourth-order valence-corrected chi connectivity index (χ4v) is 10.1. The maximum absolute atomic E-state index is 10.4. The van der Waals surface area contributed by atoms with Gasteiger partial charge in [0.15, 0.2) is 0 Å². The number of hydrogen-bond donors (Lipinski definition) is 5. The van der Waals surface area contributed by atoms with Gasteiger partial charge in [-0.3, -0.25) is 14.8 Å². The third-order valence-electron chi connectivity index (χ3n) is 13.4. The van der Waals surface area contributed by atoms with Crippen LogP contribution in [0.2, 0.25) is 5.02 Å². The lowest BCUT2D eigenvalue weighted by Gasteiger charge is -2.44. The lowest BCUT2D eigenvalue weighted by Crippen LogP contribution is -2.36. The molecule has 7 atom stereocenters. The maximum Gasteiger partial charge on any atom is 0.268 e. The molecule has 3 saturated carbocycles. The van der Waals surface area contributed by atoms with Crippen molar-refractivity contribution in [3.8, 4) is 0 Å². The van der Waals surface area contributed by atoms with Gasteiger partial charge in [-0.1, -0.05) is 76.4 Å². The van der Waals surface area contributed by atoms with Crippen molar-refractivity contribution in [3.63, 3.8) is 0 Å². The van der Waals surface area contributed by atoms with Crippen molar-refractivity contribution >= 4 is 34.1 Å². The first-order valence-corrected chi connectivity index (χ1v) is 23.1. The number of rotatable bonds is 15. The van der Waals surface area contributed by atoms with Crippen molar-refractivity contribution in [2.75, 3.05) is 25.0 Å². The van der Waals surface area contributed by atoms with E-state index in [1.165, 1.54) is 69.2 Å². The molecule has 2 heterocycles. The number of allylic oxidation sites excluding steroid dienone is 3. The van der Waals surface area contributed by atoms with Crippen LogP contribution in [0.5, 0.6) is 0 Å². The van der Waals surface area contributed by atoms with Crippen LogP contribution in [-0.2, 0) is 0 Å². The number of nitrogens with one attached hydrogen (secondary N) is 1. The Morgan fingerprint density at radius 2 is 1.80 bits per heavy atom. The van der Waals surface area contributed by atoms with Gasteiger partial charge in [0.25, 0.3) is 5.91 Å². The number of aliphatic hydroxyl groups is 3. The molecule has 0 aliphatic heterocycles. The number of nitrogens with two attached hydrogens (primary N) is 1. The minimum absolute atomic E-state index is 0.192. The number of pyridine rings is 1. The highest BCUT2D eigenvalue weighted by atomic mass is 35.5. The smallest absolute Gasteiger partial charge is 0.268 e. The van der Waals surface area contributed by atoms with Crippen LogP contribution in [0, 0.1) is 23.2 Å². The van der Waals surface area contributed by atoms with Crippen LogP contribution < -0.4 is 11.1 Å². The first-order valence-electron chi connectivity index (χ1n) is 22.7. The minimum atomic E-state index is -0.801. The Labute approximate surface area is 371 Å². The molecule has 2 aromatic heterocycles. The van der Waals surface area contributed by atoms with Gasteiger partial charge in [0.2, 0.25) is 0 Å². The SMILES string of the molecule is C=C1CC[C@H](O)C(O)/C1=C/C=C1\CCCC2(C)C1CCC2C(C)CCCC(C)(C)O.CCN(CC)CCCC(C)Nc1ccnc2cc(Cl)ccc12.NC(=O)c1cnccn1. The Balaban J connectivity index is 0.000000230. The third-order valence-corrected chi connectivity index (χ3v) is 13.6. The van der Waals surface area contributed by atoms with E-state index < -0.39 is 23.7 Å². The average molecular weight is 860 g/mol. The molecule has 1 aromatic carbocycles. The second-order valence-corrected chi connectivity index (χ2v) is 18.9. The van der Waals surface area contributed by atoms with Crippen LogP contribution in [0.1, 0.15) is 136 Å². The number of halogens is 1. The van der Waals surface area contributed by atoms with Crippen molar-refractivity contribution in [1.29, 1.82) is 0 Å². The van der Waals surface area contributed by atoms with E-state index in [4.69, 9.17) is 17.3 Å². The fraction of sp³-hybridized carbons (Fsp3) is 0.600. The molecule has 1 amide bonds. The van der Waals surface area contributed by atoms with E-state index >= 15 is 0 Å². The highest BCUT2D eigenvalue weighted by Crippen LogP contribution is 2.60. The number of primary amides is 1. The number of amides is 1. The van der Waals surface area contributed by atoms with Crippen LogP contribution >= 0.6 is 11.6 Å². The van der Waals surface area contributed by atoms with Gasteiger partial charge in [-0.05, 0) is 163 Å². The number of nitrogens with zero attached hydrogens (tertiary/aromatic N) is 4. The maximum atomic E-state index is 10.4. The van der Waals surface area contributed by atoms with Crippen molar-refractivity contribution in [2.45, 2.75) is 149 Å². The average Bonchev–Trinajstić information content (AvgIpc) is 3.59. The standard InChI is InChI=1S/C27H44O3.C18H26ClN3.C5H5N3O/c1-18-10-15-24(28)25(29)21(18)12-11-20-9-7-17-27(5)22(13-14-23(20)27)19(2)8-6-16-26(3,4)30;1-4-22(5-2)12-6-7-14(3)21-17-10-11-20-18-13-15(19)8-9-16(17)18;6-5(9)4-3-7-1-2-8-4/h11-12,19,22-25,28-30H,1,6-10,13-17H2,2-5H3;8-11,13-14H,4-7,12H2,1-3H3,(H,20,21);1-3H,(H2,6,9)/b20-11+,21-12+;;/t19?,22?,23?,24-,25?,27?;;/m0../s1. The predicted octanol–water partition coefficient (Wildman–Crippen LogP) is 10.1. The summed E-state index contributed by atoms with van der Waals surface area (Å²) in [5, 5.41) is 35.9. The van der Waals surface area contributed by atoms with Crippen molar-refractivity contribution < 1.29 is 20.1 Å². The van der Waals surface area contributed by atoms with E-state index in [1.807, 2.05) is 44.3 Å². The van der Waals surface area contributed by atoms with Gasteiger partial charge in [-0.25, -0.2) is 4.98 Å². The Morgan fingerprint density at radius 3 is 2.46 bits per heavy atom. The molecule has 0 radical (unpaired) electrons. The number of aliphatic hydroxyl groups excluding tert-OH is 2. The lowest BCUT2D eigenvalue weighted by molar-refractivity contribution is 0.0299. The molecule has 10 nitrogen and oxygen atoms in total. The summed E-state index contributed by atoms with van der Waals surface area (Å²) in [6, 6.07) is 8.35. The molecule has 3 aromatic rings. The fourth-order valence-electron chi connectivity index (χ4n) is 9.90. The van der Waals surface area contributed by atoms with Crippen LogP contribution in [0.15, 0.2) is 84.5 Å². The zero-order valence-corrected chi connectivity index (χ0v) is 38.8. The van der Waals surface area contributed by atoms with Gasteiger partial charge >= 0.3 is 0 Å². The van der Waals surface area contributed by atoms with Gasteiger partial charge in [0.05, 0.1) is 23.4 Å². The summed E-state index contributed by atoms with van der Waals surface area (Å²) >= 11 is 6.04. The normalized spacial score (nSPS) is 25.0. The molecule has 3 aliphatic carbocycles. The Kier molecular flexibility index (Phi) is 19.4. The predicted molar refractivity (Wildman–Crippen MR) is 251 cm³/mol. The second kappa shape index (κ2) is 23.7. The molecular weight excluding hydrogens is 784 g/mol. The molecule has 6 rings (SSSR count). The van der Waals surface area contributed by atoms with Crippen molar-refractivity contribution in [3.05, 3.63) is 95.2 Å². The molecular formula is C50H75ClN6O4. The molecule has 6 N–H and O–H groups in total. The molecule has 3 aliphatic rings. The minimum Gasteiger partial charge on any atom is -0.390 e. The van der Waals surface area contributed by atoms with E-state index in [1.54, 1.807) is 0 Å². The molecule has 61 heavy (non-hydrogen) atoms. The topological polar surface area (TPSA) is 158 Å². The number of benzene rings is 1. The summed E-state index contributed by atoms with van der Waals surface area (Å²) in [6.07, 6.45) is 22.0. The quantitative estimate of drug-likeness (QED) is 0.100. The Morgan fingerprint density at radius 1 is 1.05 bits per heavy atom. The number of hydrogen-bond acceptors (Lipinski definition) is 9. The third kappa shape index (κ3) is 14.7. The second-order valence-electron chi connectivity index (χ2n) is 18.5. The molecule has 0 saturated heterocycles. The molecule has 0 bridgehead atoms. The van der Waals surface area contributed by atoms with Crippen molar-refractivity contribution in [1.82, 2.24) is 19.9 Å². The van der Waals surface area contributed by atoms with Gasteiger partial charge in [0, 0.05) is 40.7 Å².